The fraction of sp³-hybridized carbons (Fsp3) is 0.700. The lowest BCUT2D eigenvalue weighted by atomic mass is 9.95. The van der Waals surface area contributed by atoms with Gasteiger partial charge in [0.05, 0.1) is 0 Å². The fourth-order valence-corrected chi connectivity index (χ4v) is 3.14. The molecule has 0 aromatic carbocycles. The molecule has 70 valence electrons. The Kier molecular flexibility index (Phi) is 1.43. The Balaban J connectivity index is 1.95. The van der Waals surface area contributed by atoms with Crippen LogP contribution in [0.5, 0.6) is 0 Å². The molecule has 1 N–H and O–H groups in total. The predicted molar refractivity (Wildman–Crippen MR) is 49.5 cm³/mol. The number of nitrogens with one attached hydrogen (secondary N) is 1. The van der Waals surface area contributed by atoms with Crippen molar-refractivity contribution in [2.75, 3.05) is 0 Å². The first-order valence-corrected chi connectivity index (χ1v) is 5.10. The third kappa shape index (κ3) is 0.992. The maximum absolute atomic E-state index is 11.4. The summed E-state index contributed by atoms with van der Waals surface area (Å²) in [6, 6.07) is 0.498. The van der Waals surface area contributed by atoms with E-state index in [-0.39, 0.29) is 5.69 Å². The van der Waals surface area contributed by atoms with E-state index in [2.05, 4.69) is 4.98 Å². The molecule has 2 bridgehead atoms. The van der Waals surface area contributed by atoms with Gasteiger partial charge in [0.15, 0.2) is 0 Å². The van der Waals surface area contributed by atoms with Crippen LogP contribution in [0, 0.1) is 11.8 Å². The van der Waals surface area contributed by atoms with Gasteiger partial charge in [-0.2, -0.15) is 0 Å². The molecule has 3 heteroatoms. The molecule has 1 heterocycles. The smallest absolute Gasteiger partial charge is 0.313 e. The summed E-state index contributed by atoms with van der Waals surface area (Å²) >= 11 is 0. The number of hydrogen-bond donors (Lipinski definition) is 1. The van der Waals surface area contributed by atoms with Gasteiger partial charge in [-0.15, -0.1) is 0 Å². The summed E-state index contributed by atoms with van der Waals surface area (Å²) in [4.78, 5) is 14.1. The molecule has 1 aromatic rings. The van der Waals surface area contributed by atoms with Crippen molar-refractivity contribution in [2.24, 2.45) is 11.8 Å². The summed E-state index contributed by atoms with van der Waals surface area (Å²) in [7, 11) is 0. The van der Waals surface area contributed by atoms with E-state index in [4.69, 9.17) is 0 Å². The Hall–Kier alpha value is -0.990. The lowest BCUT2D eigenvalue weighted by molar-refractivity contribution is 0.323. The normalized spacial score (nSPS) is 37.1. The molecule has 13 heavy (non-hydrogen) atoms. The van der Waals surface area contributed by atoms with Crippen molar-refractivity contribution in [1.29, 1.82) is 0 Å². The Bertz CT molecular complexity index is 365. The second-order valence-electron chi connectivity index (χ2n) is 4.41. The number of aromatic amines is 1. The van der Waals surface area contributed by atoms with Crippen LogP contribution in [-0.4, -0.2) is 9.55 Å². The van der Waals surface area contributed by atoms with E-state index in [1.54, 1.807) is 6.20 Å². The summed E-state index contributed by atoms with van der Waals surface area (Å²) in [6.45, 7) is 0. The van der Waals surface area contributed by atoms with Crippen LogP contribution in [0.1, 0.15) is 31.7 Å². The molecule has 3 nitrogen and oxygen atoms in total. The third-order valence-electron chi connectivity index (χ3n) is 3.73. The second kappa shape index (κ2) is 2.50. The van der Waals surface area contributed by atoms with Gasteiger partial charge >= 0.3 is 5.69 Å². The van der Waals surface area contributed by atoms with E-state index in [9.17, 15) is 4.79 Å². The zero-order valence-electron chi connectivity index (χ0n) is 7.57. The van der Waals surface area contributed by atoms with Gasteiger partial charge in [0.2, 0.25) is 0 Å². The molecule has 3 unspecified atom stereocenters. The van der Waals surface area contributed by atoms with Gasteiger partial charge in [-0.3, -0.25) is 4.57 Å². The average molecular weight is 178 g/mol. The van der Waals surface area contributed by atoms with E-state index in [0.717, 1.165) is 11.8 Å². The molecule has 3 atom stereocenters. The molecule has 1 aromatic heterocycles. The minimum absolute atomic E-state index is 0.0672. The number of H-pyrrole nitrogens is 1. The highest BCUT2D eigenvalue weighted by atomic mass is 16.1. The minimum atomic E-state index is 0.0672. The first kappa shape index (κ1) is 7.42. The zero-order valence-corrected chi connectivity index (χ0v) is 7.57. The molecule has 2 aliphatic carbocycles. The van der Waals surface area contributed by atoms with Crippen LogP contribution in [0.25, 0.3) is 0 Å². The maximum atomic E-state index is 11.4. The highest BCUT2D eigenvalue weighted by molar-refractivity contribution is 4.95. The van der Waals surface area contributed by atoms with Crippen LogP contribution in [0.3, 0.4) is 0 Å². The predicted octanol–water partition coefficient (Wildman–Crippen LogP) is 1.54. The average Bonchev–Trinajstić information content (AvgIpc) is 2.77. The topological polar surface area (TPSA) is 37.8 Å². The molecular formula is C10H14N2O. The summed E-state index contributed by atoms with van der Waals surface area (Å²) in [5, 5.41) is 0. The number of hydrogen-bond acceptors (Lipinski definition) is 1. The van der Waals surface area contributed by atoms with Crippen LogP contribution >= 0.6 is 0 Å². The van der Waals surface area contributed by atoms with Crippen molar-refractivity contribution in [3.63, 3.8) is 0 Å². The lowest BCUT2D eigenvalue weighted by Gasteiger charge is -2.21. The number of fused-ring (bicyclic) bond motifs is 2. The number of aromatic nitrogens is 2. The maximum Gasteiger partial charge on any atom is 0.325 e. The van der Waals surface area contributed by atoms with E-state index in [1.807, 2.05) is 10.8 Å². The number of nitrogens with zero attached hydrogens (tertiary/aromatic N) is 1. The number of imidazole rings is 1. The molecule has 0 amide bonds. The molecule has 2 aliphatic rings. The first-order valence-electron chi connectivity index (χ1n) is 5.10. The van der Waals surface area contributed by atoms with Gasteiger partial charge in [0.25, 0.3) is 0 Å². The van der Waals surface area contributed by atoms with Gasteiger partial charge in [0.1, 0.15) is 0 Å². The Labute approximate surface area is 76.8 Å². The van der Waals surface area contributed by atoms with Crippen LogP contribution in [0.4, 0.5) is 0 Å². The highest BCUT2D eigenvalue weighted by Crippen LogP contribution is 2.50. The van der Waals surface area contributed by atoms with Crippen molar-refractivity contribution >= 4 is 0 Å². The summed E-state index contributed by atoms with van der Waals surface area (Å²) in [6.07, 6.45) is 8.93. The molecule has 0 aliphatic heterocycles. The monoisotopic (exact) mass is 178 g/mol. The van der Waals surface area contributed by atoms with Gasteiger partial charge in [0, 0.05) is 18.4 Å². The SMILES string of the molecule is O=c1[nH]ccn1C1CC2CCC1C2. The van der Waals surface area contributed by atoms with Gasteiger partial charge in [-0.25, -0.2) is 4.79 Å². The van der Waals surface area contributed by atoms with Crippen LogP contribution in [-0.2, 0) is 0 Å². The molecule has 2 fully saturated rings. The molecule has 0 saturated heterocycles. The van der Waals surface area contributed by atoms with Crippen molar-refractivity contribution < 1.29 is 0 Å². The quantitative estimate of drug-likeness (QED) is 0.696. The second-order valence-corrected chi connectivity index (χ2v) is 4.41. The van der Waals surface area contributed by atoms with E-state index in [1.165, 1.54) is 25.7 Å². The summed E-state index contributed by atoms with van der Waals surface area (Å²) < 4.78 is 1.89. The fourth-order valence-electron chi connectivity index (χ4n) is 3.14. The van der Waals surface area contributed by atoms with Gasteiger partial charge < -0.3 is 4.98 Å². The molecule has 3 rings (SSSR count). The van der Waals surface area contributed by atoms with Gasteiger partial charge in [-0.1, -0.05) is 6.42 Å². The summed E-state index contributed by atoms with van der Waals surface area (Å²) in [5.41, 5.74) is 0.0672. The first-order chi connectivity index (χ1) is 6.34. The Morgan fingerprint density at radius 3 is 2.85 bits per heavy atom. The lowest BCUT2D eigenvalue weighted by Crippen LogP contribution is -2.25. The zero-order chi connectivity index (χ0) is 8.84. The van der Waals surface area contributed by atoms with Crippen LogP contribution in [0.15, 0.2) is 17.2 Å². The molecular weight excluding hydrogens is 164 g/mol. The van der Waals surface area contributed by atoms with Crippen LogP contribution < -0.4 is 5.69 Å². The third-order valence-corrected chi connectivity index (χ3v) is 3.73. The Morgan fingerprint density at radius 2 is 2.31 bits per heavy atom. The van der Waals surface area contributed by atoms with Crippen molar-refractivity contribution in [3.8, 4) is 0 Å². The van der Waals surface area contributed by atoms with Crippen LogP contribution in [0.2, 0.25) is 0 Å². The molecule has 2 saturated carbocycles. The van der Waals surface area contributed by atoms with Crippen molar-refractivity contribution in [3.05, 3.63) is 22.9 Å². The van der Waals surface area contributed by atoms with Crippen molar-refractivity contribution in [2.45, 2.75) is 31.7 Å². The van der Waals surface area contributed by atoms with E-state index in [0.29, 0.717) is 6.04 Å². The summed E-state index contributed by atoms with van der Waals surface area (Å²) in [5.74, 6) is 1.68. The van der Waals surface area contributed by atoms with E-state index >= 15 is 0 Å². The van der Waals surface area contributed by atoms with Gasteiger partial charge in [-0.05, 0) is 31.1 Å². The largest absolute Gasteiger partial charge is 0.325 e. The minimum Gasteiger partial charge on any atom is -0.313 e. The standard InChI is InChI=1S/C10H14N2O/c13-10-11-3-4-12(10)9-6-7-1-2-8(9)5-7/h3-4,7-9H,1-2,5-6H2,(H,11,13). The molecule has 0 spiro atoms. The number of rotatable bonds is 1. The van der Waals surface area contributed by atoms with E-state index < -0.39 is 0 Å². The highest BCUT2D eigenvalue weighted by Gasteiger charge is 2.40. The Morgan fingerprint density at radius 1 is 1.38 bits per heavy atom. The molecule has 0 radical (unpaired) electrons. The van der Waals surface area contributed by atoms with Crippen molar-refractivity contribution in [1.82, 2.24) is 9.55 Å².